The van der Waals surface area contributed by atoms with E-state index in [1.165, 1.54) is 19.1 Å². The second-order valence-corrected chi connectivity index (χ2v) is 6.36. The van der Waals surface area contributed by atoms with E-state index in [9.17, 15) is 14.4 Å². The third-order valence-corrected chi connectivity index (χ3v) is 4.12. The Morgan fingerprint density at radius 2 is 2.08 bits per heavy atom. The number of anilines is 2. The fraction of sp³-hybridized carbons (Fsp3) is 0.235. The van der Waals surface area contributed by atoms with Crippen LogP contribution >= 0.6 is 15.9 Å². The first kappa shape index (κ1) is 18.0. The number of ether oxygens (including phenoxy) is 2. The summed E-state index contributed by atoms with van der Waals surface area (Å²) < 4.78 is 16.1. The third kappa shape index (κ3) is 3.30. The van der Waals surface area contributed by atoms with E-state index < -0.39 is 23.4 Å². The van der Waals surface area contributed by atoms with E-state index in [2.05, 4.69) is 26.6 Å². The highest BCUT2D eigenvalue weighted by atomic mass is 79.9. The minimum Gasteiger partial charge on any atom is -0.464 e. The average Bonchev–Trinajstić information content (AvgIpc) is 3.03. The Kier molecular flexibility index (Phi) is 4.73. The van der Waals surface area contributed by atoms with Crippen LogP contribution in [-0.4, -0.2) is 30.0 Å². The largest absolute Gasteiger partial charge is 0.464 e. The van der Waals surface area contributed by atoms with E-state index in [1.54, 1.807) is 25.1 Å². The van der Waals surface area contributed by atoms with Crippen molar-refractivity contribution in [3.8, 4) is 5.75 Å². The molecule has 0 bridgehead atoms. The zero-order valence-electron chi connectivity index (χ0n) is 13.9. The van der Waals surface area contributed by atoms with E-state index in [0.29, 0.717) is 16.0 Å². The van der Waals surface area contributed by atoms with Crippen LogP contribution in [0.25, 0.3) is 0 Å². The summed E-state index contributed by atoms with van der Waals surface area (Å²) in [4.78, 5) is 36.5. The molecule has 9 heteroatoms. The fourth-order valence-corrected chi connectivity index (χ4v) is 2.63. The van der Waals surface area contributed by atoms with E-state index in [1.807, 2.05) is 0 Å². The summed E-state index contributed by atoms with van der Waals surface area (Å²) in [5.41, 5.74) is -1.02. The molecule has 1 aliphatic rings. The zero-order chi connectivity index (χ0) is 18.9. The monoisotopic (exact) mass is 422 g/mol. The SMILES string of the molecule is CCOC(=O)[C@]1(C)Oc2cc(NC(=O)c3ccc(Br)o3)ccc2NC1=O. The highest BCUT2D eigenvalue weighted by molar-refractivity contribution is 9.10. The number of hydrogen-bond donors (Lipinski definition) is 2. The van der Waals surface area contributed by atoms with Gasteiger partial charge in [0.15, 0.2) is 10.4 Å². The summed E-state index contributed by atoms with van der Waals surface area (Å²) in [6.45, 7) is 3.08. The standard InChI is InChI=1S/C17H15BrN2O6/c1-3-24-16(23)17(2)15(22)20-10-5-4-9(8-12(10)26-17)19-14(21)11-6-7-13(18)25-11/h4-8H,3H2,1-2H3,(H,19,21)(H,20,22)/t17-/m1/s1. The summed E-state index contributed by atoms with van der Waals surface area (Å²) in [7, 11) is 0. The molecule has 0 aliphatic carbocycles. The van der Waals surface area contributed by atoms with Crippen LogP contribution in [0.2, 0.25) is 0 Å². The Morgan fingerprint density at radius 1 is 1.31 bits per heavy atom. The number of carbonyl (C=O) groups is 3. The van der Waals surface area contributed by atoms with Crippen molar-refractivity contribution in [1.82, 2.24) is 0 Å². The average molecular weight is 423 g/mol. The normalized spacial score (nSPS) is 18.3. The number of nitrogens with one attached hydrogen (secondary N) is 2. The molecule has 2 heterocycles. The Balaban J connectivity index is 1.83. The van der Waals surface area contributed by atoms with E-state index in [0.717, 1.165) is 0 Å². The van der Waals surface area contributed by atoms with Crippen molar-refractivity contribution in [1.29, 1.82) is 0 Å². The fourth-order valence-electron chi connectivity index (χ4n) is 2.33. The lowest BCUT2D eigenvalue weighted by molar-refractivity contribution is -0.165. The molecule has 0 unspecified atom stereocenters. The van der Waals surface area contributed by atoms with Crippen LogP contribution in [0.1, 0.15) is 24.4 Å². The number of furan rings is 1. The van der Waals surface area contributed by atoms with Crippen molar-refractivity contribution in [2.75, 3.05) is 17.2 Å². The molecule has 1 aromatic heterocycles. The lowest BCUT2D eigenvalue weighted by Crippen LogP contribution is -2.55. The molecule has 136 valence electrons. The van der Waals surface area contributed by atoms with Gasteiger partial charge in [0.25, 0.3) is 17.4 Å². The molecule has 0 saturated heterocycles. The number of amides is 2. The van der Waals surface area contributed by atoms with E-state index >= 15 is 0 Å². The molecule has 0 radical (unpaired) electrons. The van der Waals surface area contributed by atoms with Crippen LogP contribution in [-0.2, 0) is 14.3 Å². The first-order valence-corrected chi connectivity index (χ1v) is 8.51. The molecule has 0 fully saturated rings. The van der Waals surface area contributed by atoms with Crippen LogP contribution in [0.5, 0.6) is 5.75 Å². The van der Waals surface area contributed by atoms with E-state index in [-0.39, 0.29) is 18.1 Å². The number of esters is 1. The Hall–Kier alpha value is -2.81. The van der Waals surface area contributed by atoms with Gasteiger partial charge in [-0.25, -0.2) is 4.79 Å². The Labute approximate surface area is 157 Å². The molecule has 2 N–H and O–H groups in total. The first-order chi connectivity index (χ1) is 12.3. The molecule has 0 saturated carbocycles. The van der Waals surface area contributed by atoms with Gasteiger partial charge in [0, 0.05) is 11.8 Å². The number of rotatable bonds is 4. The molecule has 26 heavy (non-hydrogen) atoms. The van der Waals surface area contributed by atoms with Crippen LogP contribution < -0.4 is 15.4 Å². The van der Waals surface area contributed by atoms with Gasteiger partial charge in [-0.15, -0.1) is 0 Å². The maximum absolute atomic E-state index is 12.2. The molecule has 0 spiro atoms. The first-order valence-electron chi connectivity index (χ1n) is 7.72. The van der Waals surface area contributed by atoms with Crippen LogP contribution in [0.3, 0.4) is 0 Å². The number of benzene rings is 1. The zero-order valence-corrected chi connectivity index (χ0v) is 15.5. The minimum atomic E-state index is -1.81. The summed E-state index contributed by atoms with van der Waals surface area (Å²) in [5.74, 6) is -1.51. The Bertz CT molecular complexity index is 893. The van der Waals surface area contributed by atoms with Crippen molar-refractivity contribution in [3.63, 3.8) is 0 Å². The molecule has 3 rings (SSSR count). The van der Waals surface area contributed by atoms with Crippen LogP contribution in [0, 0.1) is 0 Å². The van der Waals surface area contributed by atoms with Crippen molar-refractivity contribution in [2.45, 2.75) is 19.4 Å². The van der Waals surface area contributed by atoms with E-state index in [4.69, 9.17) is 13.9 Å². The number of carbonyl (C=O) groups excluding carboxylic acids is 3. The summed E-state index contributed by atoms with van der Waals surface area (Å²) >= 11 is 3.13. The van der Waals surface area contributed by atoms with Gasteiger partial charge in [0.1, 0.15) is 5.75 Å². The van der Waals surface area contributed by atoms with Crippen molar-refractivity contribution >= 4 is 45.1 Å². The predicted molar refractivity (Wildman–Crippen MR) is 95.1 cm³/mol. The van der Waals surface area contributed by atoms with Gasteiger partial charge in [-0.05, 0) is 54.0 Å². The minimum absolute atomic E-state index is 0.118. The summed E-state index contributed by atoms with van der Waals surface area (Å²) in [6.07, 6.45) is 0. The van der Waals surface area contributed by atoms with Gasteiger partial charge in [-0.1, -0.05) is 0 Å². The summed E-state index contributed by atoms with van der Waals surface area (Å²) in [5, 5.41) is 5.26. The van der Waals surface area contributed by atoms with Gasteiger partial charge >= 0.3 is 5.97 Å². The van der Waals surface area contributed by atoms with Crippen molar-refractivity contribution < 1.29 is 28.3 Å². The highest BCUT2D eigenvalue weighted by Crippen LogP contribution is 2.36. The third-order valence-electron chi connectivity index (χ3n) is 3.70. The number of hydrogen-bond acceptors (Lipinski definition) is 6. The number of fused-ring (bicyclic) bond motifs is 1. The molecule has 2 aromatic rings. The number of halogens is 1. The van der Waals surface area contributed by atoms with Gasteiger partial charge < -0.3 is 24.5 Å². The molecule has 1 atom stereocenters. The topological polar surface area (TPSA) is 107 Å². The molecule has 2 amide bonds. The predicted octanol–water partition coefficient (Wildman–Crippen LogP) is 2.95. The maximum Gasteiger partial charge on any atom is 0.360 e. The molecule has 8 nitrogen and oxygen atoms in total. The molecular weight excluding hydrogens is 408 g/mol. The van der Waals surface area contributed by atoms with Gasteiger partial charge in [0.05, 0.1) is 12.3 Å². The Morgan fingerprint density at radius 3 is 2.73 bits per heavy atom. The second-order valence-electron chi connectivity index (χ2n) is 5.58. The molecule has 1 aliphatic heterocycles. The van der Waals surface area contributed by atoms with Crippen LogP contribution in [0.15, 0.2) is 39.4 Å². The quantitative estimate of drug-likeness (QED) is 0.579. The second kappa shape index (κ2) is 6.83. The highest BCUT2D eigenvalue weighted by Gasteiger charge is 2.48. The summed E-state index contributed by atoms with van der Waals surface area (Å²) in [6, 6.07) is 7.77. The molecule has 1 aromatic carbocycles. The smallest absolute Gasteiger partial charge is 0.360 e. The lowest BCUT2D eigenvalue weighted by Gasteiger charge is -2.32. The maximum atomic E-state index is 12.2. The van der Waals surface area contributed by atoms with Gasteiger partial charge in [-0.2, -0.15) is 0 Å². The van der Waals surface area contributed by atoms with Gasteiger partial charge in [-0.3, -0.25) is 9.59 Å². The van der Waals surface area contributed by atoms with Gasteiger partial charge in [0.2, 0.25) is 0 Å². The lowest BCUT2D eigenvalue weighted by atomic mass is 10.0. The van der Waals surface area contributed by atoms with Crippen molar-refractivity contribution in [3.05, 3.63) is 40.8 Å². The molecular formula is C17H15BrN2O6. The van der Waals surface area contributed by atoms with Crippen molar-refractivity contribution in [2.24, 2.45) is 0 Å². The van der Waals surface area contributed by atoms with Crippen LogP contribution in [0.4, 0.5) is 11.4 Å².